The summed E-state index contributed by atoms with van der Waals surface area (Å²) >= 11 is 0. The molecule has 1 fully saturated rings. The first kappa shape index (κ1) is 16.3. The monoisotopic (exact) mass is 209 g/mol. The van der Waals surface area contributed by atoms with Crippen LogP contribution >= 0.6 is 0 Å². The Kier molecular flexibility index (Phi) is 12.7. The third-order valence-electron chi connectivity index (χ3n) is 1.90. The van der Waals surface area contributed by atoms with E-state index in [0.29, 0.717) is 6.54 Å². The maximum Gasteiger partial charge on any atom is 0.242 e. The van der Waals surface area contributed by atoms with Gasteiger partial charge in [0.15, 0.2) is 0 Å². The normalized spacial score (nSPS) is 24.9. The molecule has 1 saturated heterocycles. The van der Waals surface area contributed by atoms with Crippen LogP contribution in [0.5, 0.6) is 0 Å². The average Bonchev–Trinajstić information content (AvgIpc) is 2.56. The van der Waals surface area contributed by atoms with E-state index in [1.165, 1.54) is 6.42 Å². The van der Waals surface area contributed by atoms with Gasteiger partial charge in [0.05, 0.1) is 0 Å². The molecule has 0 aromatic rings. The molecule has 1 heterocycles. The van der Waals surface area contributed by atoms with Gasteiger partial charge in [-0.15, -0.1) is 0 Å². The molecule has 1 aliphatic heterocycles. The highest BCUT2D eigenvalue weighted by Gasteiger charge is 2.30. The van der Waals surface area contributed by atoms with Crippen LogP contribution in [0.2, 0.25) is 0 Å². The second kappa shape index (κ2) is 10.9. The Morgan fingerprint density at radius 2 is 1.64 bits per heavy atom. The lowest BCUT2D eigenvalue weighted by atomic mass is 9.99. The van der Waals surface area contributed by atoms with Crippen LogP contribution in [0.25, 0.3) is 0 Å². The van der Waals surface area contributed by atoms with Crippen LogP contribution in [-0.2, 0) is 0 Å². The summed E-state index contributed by atoms with van der Waals surface area (Å²) in [6.45, 7) is 11.3. The minimum Gasteiger partial charge on any atom is -0.316 e. The highest BCUT2D eigenvalue weighted by Crippen LogP contribution is 2.22. The van der Waals surface area contributed by atoms with Gasteiger partial charge in [-0.05, 0) is 12.5 Å². The molecule has 14 heavy (non-hydrogen) atoms. The fraction of sp³-hybridized carbons (Fsp3) is 1.00. The molecule has 2 unspecified atom stereocenters. The van der Waals surface area contributed by atoms with E-state index in [4.69, 9.17) is 0 Å². The van der Waals surface area contributed by atoms with E-state index in [-0.39, 0.29) is 5.92 Å². The summed E-state index contributed by atoms with van der Waals surface area (Å²) in [7, 11) is 0. The third kappa shape index (κ3) is 7.25. The van der Waals surface area contributed by atoms with Crippen molar-refractivity contribution >= 4 is 0 Å². The summed E-state index contributed by atoms with van der Waals surface area (Å²) < 4.78 is 23.9. The van der Waals surface area contributed by atoms with E-state index in [9.17, 15) is 8.78 Å². The molecule has 0 aromatic heterocycles. The van der Waals surface area contributed by atoms with E-state index in [0.717, 1.165) is 6.54 Å². The Hall–Kier alpha value is -0.180. The Morgan fingerprint density at radius 1 is 1.21 bits per heavy atom. The smallest absolute Gasteiger partial charge is 0.242 e. The SMILES string of the molecule is CC.CC1CNCC1C(F)F.CCC. The van der Waals surface area contributed by atoms with Gasteiger partial charge >= 0.3 is 0 Å². The molecule has 1 N–H and O–H groups in total. The van der Waals surface area contributed by atoms with Crippen LogP contribution < -0.4 is 5.32 Å². The molecule has 1 rings (SSSR count). The molecule has 0 spiro atoms. The van der Waals surface area contributed by atoms with E-state index in [1.54, 1.807) is 0 Å². The number of alkyl halides is 2. The molecule has 0 bridgehead atoms. The number of hydrogen-bond donors (Lipinski definition) is 1. The molecule has 0 aromatic carbocycles. The quantitative estimate of drug-likeness (QED) is 0.696. The second-order valence-electron chi connectivity index (χ2n) is 3.34. The molecule has 88 valence electrons. The summed E-state index contributed by atoms with van der Waals surface area (Å²) in [5, 5.41) is 2.92. The van der Waals surface area contributed by atoms with Crippen LogP contribution in [0, 0.1) is 11.8 Å². The lowest BCUT2D eigenvalue weighted by Crippen LogP contribution is -2.18. The average molecular weight is 209 g/mol. The predicted octanol–water partition coefficient (Wildman–Crippen LogP) is 3.55. The minimum absolute atomic E-state index is 0.144. The highest BCUT2D eigenvalue weighted by atomic mass is 19.3. The number of halogens is 2. The standard InChI is InChI=1S/C6H11F2N.C3H8.C2H6/c1-4-2-9-3-5(4)6(7)8;1-3-2;1-2/h4-6,9H,2-3H2,1H3;3H2,1-2H3;1-2H3. The Bertz CT molecular complexity index is 107. The van der Waals surface area contributed by atoms with Crippen LogP contribution in [0.1, 0.15) is 41.0 Å². The van der Waals surface area contributed by atoms with Gasteiger partial charge in [-0.3, -0.25) is 0 Å². The van der Waals surface area contributed by atoms with E-state index < -0.39 is 12.3 Å². The molecule has 1 nitrogen and oxygen atoms in total. The summed E-state index contributed by atoms with van der Waals surface area (Å²) in [4.78, 5) is 0. The zero-order valence-corrected chi connectivity index (χ0v) is 10.1. The lowest BCUT2D eigenvalue weighted by Gasteiger charge is -2.11. The Balaban J connectivity index is 0. The van der Waals surface area contributed by atoms with Crippen molar-refractivity contribution in [1.29, 1.82) is 0 Å². The van der Waals surface area contributed by atoms with Gasteiger partial charge < -0.3 is 5.32 Å². The van der Waals surface area contributed by atoms with Crippen LogP contribution in [0.15, 0.2) is 0 Å². The first-order valence-electron chi connectivity index (χ1n) is 5.62. The zero-order valence-electron chi connectivity index (χ0n) is 10.1. The summed E-state index contributed by atoms with van der Waals surface area (Å²) in [6.07, 6.45) is -0.894. The largest absolute Gasteiger partial charge is 0.316 e. The number of nitrogens with one attached hydrogen (secondary N) is 1. The van der Waals surface area contributed by atoms with Gasteiger partial charge in [0.2, 0.25) is 6.43 Å². The molecular formula is C11H25F2N. The Labute approximate surface area is 87.3 Å². The van der Waals surface area contributed by atoms with Crippen LogP contribution in [-0.4, -0.2) is 19.5 Å². The van der Waals surface area contributed by atoms with Crippen LogP contribution in [0.3, 0.4) is 0 Å². The predicted molar refractivity (Wildman–Crippen MR) is 58.8 cm³/mol. The minimum atomic E-state index is -2.14. The van der Waals surface area contributed by atoms with E-state index in [2.05, 4.69) is 19.2 Å². The van der Waals surface area contributed by atoms with Crippen LogP contribution in [0.4, 0.5) is 8.78 Å². The maximum absolute atomic E-state index is 12.0. The van der Waals surface area contributed by atoms with Gasteiger partial charge in [-0.1, -0.05) is 41.0 Å². The van der Waals surface area contributed by atoms with Crippen molar-refractivity contribution in [3.05, 3.63) is 0 Å². The van der Waals surface area contributed by atoms with Crippen molar-refractivity contribution in [3.8, 4) is 0 Å². The van der Waals surface area contributed by atoms with E-state index >= 15 is 0 Å². The van der Waals surface area contributed by atoms with Gasteiger partial charge in [-0.25, -0.2) is 8.78 Å². The summed E-state index contributed by atoms with van der Waals surface area (Å²) in [6, 6.07) is 0. The first-order chi connectivity index (χ1) is 6.63. The third-order valence-corrected chi connectivity index (χ3v) is 1.90. The molecule has 3 heteroatoms. The van der Waals surface area contributed by atoms with Crippen molar-refractivity contribution in [2.24, 2.45) is 11.8 Å². The molecule has 0 saturated carbocycles. The second-order valence-corrected chi connectivity index (χ2v) is 3.34. The molecule has 1 aliphatic rings. The number of rotatable bonds is 1. The van der Waals surface area contributed by atoms with Crippen molar-refractivity contribution in [3.63, 3.8) is 0 Å². The molecule has 0 aliphatic carbocycles. The first-order valence-corrected chi connectivity index (χ1v) is 5.62. The van der Waals surface area contributed by atoms with Crippen molar-refractivity contribution in [2.75, 3.05) is 13.1 Å². The lowest BCUT2D eigenvalue weighted by molar-refractivity contribution is 0.0684. The van der Waals surface area contributed by atoms with Gasteiger partial charge in [-0.2, -0.15) is 0 Å². The number of hydrogen-bond acceptors (Lipinski definition) is 1. The Morgan fingerprint density at radius 3 is 1.79 bits per heavy atom. The molecule has 2 atom stereocenters. The maximum atomic E-state index is 12.0. The molecule has 0 amide bonds. The zero-order chi connectivity index (χ0) is 11.6. The molecular weight excluding hydrogens is 184 g/mol. The van der Waals surface area contributed by atoms with Gasteiger partial charge in [0, 0.05) is 12.5 Å². The fourth-order valence-corrected chi connectivity index (χ4v) is 1.17. The van der Waals surface area contributed by atoms with Crippen molar-refractivity contribution < 1.29 is 8.78 Å². The molecule has 0 radical (unpaired) electrons. The summed E-state index contributed by atoms with van der Waals surface area (Å²) in [5.41, 5.74) is 0. The van der Waals surface area contributed by atoms with E-state index in [1.807, 2.05) is 20.8 Å². The fourth-order valence-electron chi connectivity index (χ4n) is 1.17. The van der Waals surface area contributed by atoms with Gasteiger partial charge in [0.1, 0.15) is 0 Å². The topological polar surface area (TPSA) is 12.0 Å². The highest BCUT2D eigenvalue weighted by molar-refractivity contribution is 4.79. The van der Waals surface area contributed by atoms with Gasteiger partial charge in [0.25, 0.3) is 0 Å². The van der Waals surface area contributed by atoms with Crippen molar-refractivity contribution in [2.45, 2.75) is 47.5 Å². The summed E-state index contributed by atoms with van der Waals surface area (Å²) in [5.74, 6) is -0.269. The van der Waals surface area contributed by atoms with Crippen molar-refractivity contribution in [1.82, 2.24) is 5.32 Å².